The van der Waals surface area contributed by atoms with Gasteiger partial charge in [0.15, 0.2) is 0 Å². The smallest absolute Gasteiger partial charge is 0.322 e. The number of benzene rings is 1. The van der Waals surface area contributed by atoms with Gasteiger partial charge in [-0.3, -0.25) is 19.3 Å². The maximum atomic E-state index is 13.0. The quantitative estimate of drug-likeness (QED) is 0.545. The molecular formula is C30H53N3O5. The summed E-state index contributed by atoms with van der Waals surface area (Å²) in [6.45, 7) is 8.24. The fourth-order valence-corrected chi connectivity index (χ4v) is 5.51. The van der Waals surface area contributed by atoms with Crippen LogP contribution in [0.2, 0.25) is 0 Å². The van der Waals surface area contributed by atoms with Crippen molar-refractivity contribution in [3.8, 4) is 0 Å². The second-order valence-electron chi connectivity index (χ2n) is 9.73. The monoisotopic (exact) mass is 535 g/mol. The van der Waals surface area contributed by atoms with Crippen LogP contribution in [-0.2, 0) is 25.5 Å². The number of rotatable bonds is 6. The van der Waals surface area contributed by atoms with E-state index in [1.54, 1.807) is 0 Å². The summed E-state index contributed by atoms with van der Waals surface area (Å²) in [6.07, 6.45) is 8.75. The summed E-state index contributed by atoms with van der Waals surface area (Å²) in [5.74, 6) is -1.11. The molecule has 1 aliphatic carbocycles. The third-order valence-electron chi connectivity index (χ3n) is 7.29. The Morgan fingerprint density at radius 1 is 1.08 bits per heavy atom. The van der Waals surface area contributed by atoms with Gasteiger partial charge in [0.05, 0.1) is 12.0 Å². The Balaban J connectivity index is 0.000000991. The number of likely N-dealkylation sites (tertiary alicyclic amines) is 1. The number of hydrogen-bond acceptors (Lipinski definition) is 5. The van der Waals surface area contributed by atoms with Gasteiger partial charge >= 0.3 is 5.97 Å². The fourth-order valence-electron chi connectivity index (χ4n) is 5.51. The van der Waals surface area contributed by atoms with Crippen LogP contribution in [0, 0.1) is 0 Å². The maximum absolute atomic E-state index is 13.0. The van der Waals surface area contributed by atoms with Crippen molar-refractivity contribution in [3.63, 3.8) is 0 Å². The molecule has 218 valence electrons. The van der Waals surface area contributed by atoms with E-state index in [9.17, 15) is 14.4 Å². The summed E-state index contributed by atoms with van der Waals surface area (Å²) in [4.78, 5) is 37.3. The van der Waals surface area contributed by atoms with Crippen LogP contribution in [0.1, 0.15) is 86.1 Å². The SMILES string of the molecule is C.C.CC.CC(=O)NCC(=O)O.CN(C(=O)Cc1ccccc1)[C@H]1CC[C@@]2(CCCO2)C[C@@H]1N1CCCC1. The van der Waals surface area contributed by atoms with Gasteiger partial charge in [-0.1, -0.05) is 59.0 Å². The van der Waals surface area contributed by atoms with E-state index in [4.69, 9.17) is 9.84 Å². The van der Waals surface area contributed by atoms with Crippen molar-refractivity contribution in [3.05, 3.63) is 35.9 Å². The van der Waals surface area contributed by atoms with Gasteiger partial charge in [-0.2, -0.15) is 0 Å². The lowest BCUT2D eigenvalue weighted by Gasteiger charge is -2.48. The first-order valence-electron chi connectivity index (χ1n) is 13.4. The van der Waals surface area contributed by atoms with Crippen molar-refractivity contribution in [1.29, 1.82) is 0 Å². The number of amides is 2. The van der Waals surface area contributed by atoms with Crippen LogP contribution in [0.15, 0.2) is 30.3 Å². The fraction of sp³-hybridized carbons (Fsp3) is 0.700. The lowest BCUT2D eigenvalue weighted by atomic mass is 9.76. The molecule has 2 amide bonds. The Morgan fingerprint density at radius 2 is 1.71 bits per heavy atom. The van der Waals surface area contributed by atoms with Gasteiger partial charge in [-0.05, 0) is 63.6 Å². The lowest BCUT2D eigenvalue weighted by molar-refractivity contribution is -0.137. The van der Waals surface area contributed by atoms with Gasteiger partial charge in [0.2, 0.25) is 11.8 Å². The summed E-state index contributed by atoms with van der Waals surface area (Å²) in [5, 5.41) is 10.1. The van der Waals surface area contributed by atoms with Crippen molar-refractivity contribution < 1.29 is 24.2 Å². The minimum absolute atomic E-state index is 0. The number of aliphatic carboxylic acids is 1. The highest BCUT2D eigenvalue weighted by Crippen LogP contribution is 2.42. The number of ether oxygens (including phenoxy) is 1. The normalized spacial score (nSPS) is 23.9. The first kappa shape index (κ1) is 35.5. The van der Waals surface area contributed by atoms with E-state index in [1.807, 2.05) is 51.2 Å². The Hall–Kier alpha value is -2.45. The number of nitrogens with one attached hydrogen (secondary N) is 1. The largest absolute Gasteiger partial charge is 0.480 e. The summed E-state index contributed by atoms with van der Waals surface area (Å²) >= 11 is 0. The molecule has 3 atom stereocenters. The van der Waals surface area contributed by atoms with Crippen LogP contribution in [0.5, 0.6) is 0 Å². The van der Waals surface area contributed by atoms with Crippen LogP contribution < -0.4 is 5.32 Å². The van der Waals surface area contributed by atoms with E-state index in [1.165, 1.54) is 45.7 Å². The van der Waals surface area contributed by atoms with Gasteiger partial charge in [0, 0.05) is 32.7 Å². The molecule has 2 saturated heterocycles. The zero-order chi connectivity index (χ0) is 26.6. The summed E-state index contributed by atoms with van der Waals surface area (Å²) in [6, 6.07) is 10.9. The molecule has 0 radical (unpaired) electrons. The molecule has 2 aliphatic heterocycles. The molecule has 8 heteroatoms. The summed E-state index contributed by atoms with van der Waals surface area (Å²) in [7, 11) is 2.02. The first-order chi connectivity index (χ1) is 17.3. The predicted molar refractivity (Wildman–Crippen MR) is 154 cm³/mol. The topological polar surface area (TPSA) is 99.2 Å². The van der Waals surface area contributed by atoms with E-state index in [0.29, 0.717) is 18.5 Å². The third kappa shape index (κ3) is 10.7. The molecule has 1 saturated carbocycles. The highest BCUT2D eigenvalue weighted by Gasteiger charge is 2.47. The van der Waals surface area contributed by atoms with E-state index < -0.39 is 5.97 Å². The molecule has 0 aromatic heterocycles. The number of nitrogens with zero attached hydrogens (tertiary/aromatic N) is 2. The van der Waals surface area contributed by atoms with E-state index in [0.717, 1.165) is 31.4 Å². The van der Waals surface area contributed by atoms with Crippen molar-refractivity contribution in [1.82, 2.24) is 15.1 Å². The molecule has 0 bridgehead atoms. The average molecular weight is 536 g/mol. The molecule has 1 aromatic rings. The van der Waals surface area contributed by atoms with Crippen LogP contribution in [-0.4, -0.2) is 83.7 Å². The van der Waals surface area contributed by atoms with Crippen LogP contribution in [0.25, 0.3) is 0 Å². The second kappa shape index (κ2) is 17.9. The standard InChI is InChI=1S/C22H32N2O2.C4H7NO3.C2H6.2CH4/c1-23(21(25)16-18-8-3-2-4-9-18)19-10-12-22(11-7-15-26-22)17-20(19)24-13-5-6-14-24;1-3(6)5-2-4(7)8;1-2;;/h2-4,8-9,19-20H,5-7,10-17H2,1H3;2H2,1H3,(H,5,6)(H,7,8);1-2H3;2*1H4/t19-,20-,22-;;;;/m0..../s1. The van der Waals surface area contributed by atoms with Gasteiger partial charge < -0.3 is 20.1 Å². The van der Waals surface area contributed by atoms with Crippen LogP contribution >= 0.6 is 0 Å². The van der Waals surface area contributed by atoms with Gasteiger partial charge in [0.25, 0.3) is 0 Å². The highest BCUT2D eigenvalue weighted by atomic mass is 16.5. The molecular weight excluding hydrogens is 482 g/mol. The van der Waals surface area contributed by atoms with Crippen molar-refractivity contribution in [2.24, 2.45) is 0 Å². The van der Waals surface area contributed by atoms with Gasteiger partial charge in [0.1, 0.15) is 6.54 Å². The average Bonchev–Trinajstić information content (AvgIpc) is 3.58. The van der Waals surface area contributed by atoms with Gasteiger partial charge in [-0.25, -0.2) is 0 Å². The molecule has 1 aromatic carbocycles. The molecule has 2 N–H and O–H groups in total. The number of carboxylic acid groups (broad SMARTS) is 1. The Kier molecular flexibility index (Phi) is 16.8. The van der Waals surface area contributed by atoms with Crippen molar-refractivity contribution in [2.45, 2.75) is 105 Å². The number of carboxylic acids is 1. The van der Waals surface area contributed by atoms with Crippen LogP contribution in [0.4, 0.5) is 0 Å². The summed E-state index contributed by atoms with van der Waals surface area (Å²) in [5.41, 5.74) is 1.20. The maximum Gasteiger partial charge on any atom is 0.322 e. The van der Waals surface area contributed by atoms with Crippen LogP contribution in [0.3, 0.4) is 0 Å². The van der Waals surface area contributed by atoms with E-state index >= 15 is 0 Å². The van der Waals surface area contributed by atoms with E-state index in [2.05, 4.69) is 15.1 Å². The number of likely N-dealkylation sites (N-methyl/N-ethyl adjacent to an activating group) is 1. The molecule has 3 fully saturated rings. The zero-order valence-corrected chi connectivity index (χ0v) is 22.5. The Morgan fingerprint density at radius 3 is 2.21 bits per heavy atom. The minimum atomic E-state index is -1.03. The Labute approximate surface area is 231 Å². The minimum Gasteiger partial charge on any atom is -0.480 e. The second-order valence-corrected chi connectivity index (χ2v) is 9.73. The lowest BCUT2D eigenvalue weighted by Crippen LogP contribution is -2.58. The van der Waals surface area contributed by atoms with Crippen molar-refractivity contribution >= 4 is 17.8 Å². The number of hydrogen-bond donors (Lipinski definition) is 2. The molecule has 1 spiro atoms. The van der Waals surface area contributed by atoms with Crippen molar-refractivity contribution in [2.75, 3.05) is 33.3 Å². The molecule has 3 aliphatic rings. The summed E-state index contributed by atoms with van der Waals surface area (Å²) < 4.78 is 6.23. The first-order valence-corrected chi connectivity index (χ1v) is 13.4. The molecule has 2 heterocycles. The van der Waals surface area contributed by atoms with E-state index in [-0.39, 0.29) is 38.8 Å². The van der Waals surface area contributed by atoms with Gasteiger partial charge in [-0.15, -0.1) is 0 Å². The predicted octanol–water partition coefficient (Wildman–Crippen LogP) is 4.76. The number of carbonyl (C=O) groups excluding carboxylic acids is 2. The Bertz CT molecular complexity index is 806. The number of carbonyl (C=O) groups is 3. The molecule has 8 nitrogen and oxygen atoms in total. The molecule has 4 rings (SSSR count). The zero-order valence-electron chi connectivity index (χ0n) is 22.5. The molecule has 0 unspecified atom stereocenters. The molecule has 38 heavy (non-hydrogen) atoms. The highest BCUT2D eigenvalue weighted by molar-refractivity contribution is 5.79. The third-order valence-corrected chi connectivity index (χ3v) is 7.29.